The molecular weight excluding hydrogens is 535 g/mol. The number of pyridine rings is 1. The maximum atomic E-state index is 14.1. The topological polar surface area (TPSA) is 89.7 Å². The third-order valence-corrected chi connectivity index (χ3v) is 7.70. The van der Waals surface area contributed by atoms with Gasteiger partial charge in [-0.25, -0.2) is 19.2 Å². The summed E-state index contributed by atoms with van der Waals surface area (Å²) < 4.78 is 27.3. The van der Waals surface area contributed by atoms with E-state index in [-0.39, 0.29) is 18.1 Å². The summed E-state index contributed by atoms with van der Waals surface area (Å²) in [6.45, 7) is 5.78. The van der Waals surface area contributed by atoms with Crippen molar-refractivity contribution in [3.63, 3.8) is 0 Å². The number of carboxylic acids is 1. The Labute approximate surface area is 237 Å². The van der Waals surface area contributed by atoms with Gasteiger partial charge in [-0.2, -0.15) is 0 Å². The van der Waals surface area contributed by atoms with E-state index in [4.69, 9.17) is 31.0 Å². The fourth-order valence-corrected chi connectivity index (χ4v) is 5.54. The standard InChI is InChI=1S/C30H32ClFN4O4/c1-19-16-35(17-28-33-26-9-7-20(30(37)38)14-27(26)36(28)12-13-39-2)11-10-23(19)25-4-3-5-29(34-25)40-18-21-6-8-22(31)15-24(21)32/h3-9,14-15,19,23H,10-13,16-18H2,1-2H3,(H,37,38)/t19-,23+/m0/s1. The molecule has 0 bridgehead atoms. The third-order valence-electron chi connectivity index (χ3n) is 7.46. The second-order valence-electron chi connectivity index (χ2n) is 10.2. The predicted octanol–water partition coefficient (Wildman–Crippen LogP) is 5.77. The van der Waals surface area contributed by atoms with E-state index in [9.17, 15) is 14.3 Å². The molecule has 0 spiro atoms. The van der Waals surface area contributed by atoms with Crippen LogP contribution in [0.15, 0.2) is 54.6 Å². The van der Waals surface area contributed by atoms with Gasteiger partial charge in [0.1, 0.15) is 18.2 Å². The Balaban J connectivity index is 1.26. The molecule has 0 unspecified atom stereocenters. The van der Waals surface area contributed by atoms with Crippen LogP contribution < -0.4 is 4.74 Å². The van der Waals surface area contributed by atoms with Crippen molar-refractivity contribution in [1.82, 2.24) is 19.4 Å². The van der Waals surface area contributed by atoms with Gasteiger partial charge in [0.2, 0.25) is 5.88 Å². The third kappa shape index (κ3) is 6.27. The highest BCUT2D eigenvalue weighted by Gasteiger charge is 2.29. The minimum atomic E-state index is -0.959. The van der Waals surface area contributed by atoms with Crippen molar-refractivity contribution in [2.75, 3.05) is 26.8 Å². The van der Waals surface area contributed by atoms with E-state index in [1.165, 1.54) is 6.07 Å². The summed E-state index contributed by atoms with van der Waals surface area (Å²) >= 11 is 5.85. The van der Waals surface area contributed by atoms with E-state index in [1.54, 1.807) is 43.5 Å². The number of carboxylic acid groups (broad SMARTS) is 1. The normalized spacial score (nSPS) is 17.8. The van der Waals surface area contributed by atoms with Gasteiger partial charge in [0, 0.05) is 48.5 Å². The van der Waals surface area contributed by atoms with E-state index in [0.717, 1.165) is 42.1 Å². The Morgan fingerprint density at radius 3 is 2.77 bits per heavy atom. The van der Waals surface area contributed by atoms with Crippen LogP contribution >= 0.6 is 11.6 Å². The quantitative estimate of drug-likeness (QED) is 0.260. The van der Waals surface area contributed by atoms with Gasteiger partial charge in [0.15, 0.2) is 0 Å². The Kier molecular flexibility index (Phi) is 8.63. The van der Waals surface area contributed by atoms with Crippen LogP contribution in [0, 0.1) is 11.7 Å². The number of likely N-dealkylation sites (tertiary alicyclic amines) is 1. The number of aromatic carboxylic acids is 1. The van der Waals surface area contributed by atoms with Crippen LogP contribution in [0.3, 0.4) is 0 Å². The summed E-state index contributed by atoms with van der Waals surface area (Å²) in [6.07, 6.45) is 0.922. The Morgan fingerprint density at radius 2 is 2.02 bits per heavy atom. The molecule has 10 heteroatoms. The number of benzene rings is 2. The van der Waals surface area contributed by atoms with Crippen molar-refractivity contribution >= 4 is 28.6 Å². The first-order valence-corrected chi connectivity index (χ1v) is 13.7. The van der Waals surface area contributed by atoms with Crippen molar-refractivity contribution in [3.05, 3.63) is 88.1 Å². The average Bonchev–Trinajstić information content (AvgIpc) is 3.27. The second-order valence-corrected chi connectivity index (χ2v) is 10.7. The van der Waals surface area contributed by atoms with Crippen LogP contribution in [0.1, 0.15) is 46.7 Å². The minimum Gasteiger partial charge on any atom is -0.478 e. The van der Waals surface area contributed by atoms with Crippen LogP contribution in [0.2, 0.25) is 5.02 Å². The van der Waals surface area contributed by atoms with Crippen molar-refractivity contribution in [2.45, 2.75) is 39.0 Å². The Morgan fingerprint density at radius 1 is 1.18 bits per heavy atom. The molecule has 2 atom stereocenters. The number of hydrogen-bond acceptors (Lipinski definition) is 6. The number of aromatic nitrogens is 3. The lowest BCUT2D eigenvalue weighted by Crippen LogP contribution is -2.38. The Hall–Kier alpha value is -3.53. The number of imidazole rings is 1. The highest BCUT2D eigenvalue weighted by atomic mass is 35.5. The number of hydrogen-bond donors (Lipinski definition) is 1. The molecule has 1 fully saturated rings. The molecular formula is C30H32ClFN4O4. The SMILES string of the molecule is COCCn1c(CN2CC[C@@H](c3cccc(OCc4ccc(Cl)cc4F)n3)[C@@H](C)C2)nc2ccc(C(=O)O)cc21. The number of piperidine rings is 1. The Bertz CT molecular complexity index is 1510. The number of halogens is 2. The summed E-state index contributed by atoms with van der Waals surface area (Å²) in [6, 6.07) is 15.3. The molecule has 0 saturated carbocycles. The minimum absolute atomic E-state index is 0.0749. The molecule has 1 aliphatic rings. The summed E-state index contributed by atoms with van der Waals surface area (Å²) in [5.74, 6) is 0.595. The summed E-state index contributed by atoms with van der Waals surface area (Å²) in [7, 11) is 1.65. The van der Waals surface area contributed by atoms with Crippen LogP contribution in [-0.2, 0) is 24.4 Å². The van der Waals surface area contributed by atoms with Crippen LogP contribution in [0.25, 0.3) is 11.0 Å². The molecule has 3 heterocycles. The van der Waals surface area contributed by atoms with Gasteiger partial charge in [0.25, 0.3) is 0 Å². The first kappa shape index (κ1) is 28.0. The van der Waals surface area contributed by atoms with Gasteiger partial charge < -0.3 is 19.1 Å². The van der Waals surface area contributed by atoms with Crippen molar-refractivity contribution in [2.24, 2.45) is 5.92 Å². The molecule has 2 aromatic carbocycles. The zero-order valence-electron chi connectivity index (χ0n) is 22.5. The lowest BCUT2D eigenvalue weighted by molar-refractivity contribution is 0.0697. The smallest absolute Gasteiger partial charge is 0.335 e. The maximum Gasteiger partial charge on any atom is 0.335 e. The molecule has 1 saturated heterocycles. The van der Waals surface area contributed by atoms with Crippen LogP contribution in [-0.4, -0.2) is 57.3 Å². The molecule has 1 N–H and O–H groups in total. The van der Waals surface area contributed by atoms with Gasteiger partial charge in [-0.3, -0.25) is 4.90 Å². The molecule has 4 aromatic rings. The number of carbonyl (C=O) groups is 1. The average molecular weight is 567 g/mol. The number of fused-ring (bicyclic) bond motifs is 1. The lowest BCUT2D eigenvalue weighted by Gasteiger charge is -2.36. The van der Waals surface area contributed by atoms with Crippen molar-refractivity contribution in [1.29, 1.82) is 0 Å². The largest absolute Gasteiger partial charge is 0.478 e. The van der Waals surface area contributed by atoms with E-state index in [0.29, 0.717) is 42.1 Å². The number of rotatable bonds is 10. The van der Waals surface area contributed by atoms with Gasteiger partial charge in [-0.15, -0.1) is 0 Å². The predicted molar refractivity (Wildman–Crippen MR) is 150 cm³/mol. The molecule has 0 amide bonds. The summed E-state index contributed by atoms with van der Waals surface area (Å²) in [5, 5.41) is 9.80. The maximum absolute atomic E-state index is 14.1. The summed E-state index contributed by atoms with van der Waals surface area (Å²) in [5.41, 5.74) is 3.21. The van der Waals surface area contributed by atoms with E-state index < -0.39 is 11.8 Å². The second kappa shape index (κ2) is 12.3. The monoisotopic (exact) mass is 566 g/mol. The fourth-order valence-electron chi connectivity index (χ4n) is 5.38. The molecule has 0 radical (unpaired) electrons. The lowest BCUT2D eigenvalue weighted by atomic mass is 9.84. The van der Waals surface area contributed by atoms with Gasteiger partial charge in [-0.1, -0.05) is 30.7 Å². The molecule has 1 aliphatic heterocycles. The van der Waals surface area contributed by atoms with Crippen molar-refractivity contribution in [3.8, 4) is 5.88 Å². The highest BCUT2D eigenvalue weighted by Crippen LogP contribution is 2.33. The molecule has 8 nitrogen and oxygen atoms in total. The molecule has 210 valence electrons. The van der Waals surface area contributed by atoms with Crippen LogP contribution in [0.4, 0.5) is 4.39 Å². The van der Waals surface area contributed by atoms with E-state index >= 15 is 0 Å². The first-order chi connectivity index (χ1) is 19.3. The number of ether oxygens (including phenoxy) is 2. The fraction of sp³-hybridized carbons (Fsp3) is 0.367. The summed E-state index contributed by atoms with van der Waals surface area (Å²) in [4.78, 5) is 23.5. The van der Waals surface area contributed by atoms with Crippen molar-refractivity contribution < 1.29 is 23.8 Å². The molecule has 2 aromatic heterocycles. The number of nitrogens with zero attached hydrogens (tertiary/aromatic N) is 4. The zero-order valence-corrected chi connectivity index (χ0v) is 23.3. The number of methoxy groups -OCH3 is 1. The van der Waals surface area contributed by atoms with E-state index in [2.05, 4.69) is 16.4 Å². The first-order valence-electron chi connectivity index (χ1n) is 13.3. The van der Waals surface area contributed by atoms with Gasteiger partial charge >= 0.3 is 5.97 Å². The molecule has 5 rings (SSSR count). The molecule has 40 heavy (non-hydrogen) atoms. The van der Waals surface area contributed by atoms with Gasteiger partial charge in [0.05, 0.1) is 29.7 Å². The highest BCUT2D eigenvalue weighted by molar-refractivity contribution is 6.30. The van der Waals surface area contributed by atoms with Crippen LogP contribution in [0.5, 0.6) is 5.88 Å². The molecule has 0 aliphatic carbocycles. The van der Waals surface area contributed by atoms with E-state index in [1.807, 2.05) is 12.1 Å². The zero-order chi connectivity index (χ0) is 28.2. The van der Waals surface area contributed by atoms with Gasteiger partial charge in [-0.05, 0) is 55.3 Å².